The second-order valence-electron chi connectivity index (χ2n) is 4.38. The van der Waals surface area contributed by atoms with E-state index in [0.717, 1.165) is 27.5 Å². The maximum atomic E-state index is 5.91. The van der Waals surface area contributed by atoms with Crippen molar-refractivity contribution in [2.75, 3.05) is 5.73 Å². The number of rotatable bonds is 2. The monoisotopic (exact) mass is 290 g/mol. The molecule has 2 N–H and O–H groups in total. The van der Waals surface area contributed by atoms with Crippen LogP contribution in [-0.4, -0.2) is 14.8 Å². The van der Waals surface area contributed by atoms with Crippen LogP contribution in [0.3, 0.4) is 0 Å². The van der Waals surface area contributed by atoms with Crippen molar-refractivity contribution in [3.05, 3.63) is 28.9 Å². The Hall–Kier alpha value is -1.66. The van der Waals surface area contributed by atoms with E-state index in [1.165, 1.54) is 16.2 Å². The van der Waals surface area contributed by atoms with Gasteiger partial charge in [0.05, 0.1) is 16.3 Å². The molecule has 0 spiro atoms. The predicted molar refractivity (Wildman–Crippen MR) is 81.5 cm³/mol. The van der Waals surface area contributed by atoms with E-state index in [4.69, 9.17) is 5.73 Å². The van der Waals surface area contributed by atoms with E-state index in [9.17, 15) is 0 Å². The molecule has 0 aromatic carbocycles. The Bertz CT molecular complexity index is 722. The molecular weight excluding hydrogens is 276 g/mol. The van der Waals surface area contributed by atoms with E-state index in [-0.39, 0.29) is 0 Å². The molecular formula is C13H14N4S2. The molecule has 0 atom stereocenters. The first-order chi connectivity index (χ1) is 9.08. The van der Waals surface area contributed by atoms with Gasteiger partial charge in [0.25, 0.3) is 0 Å². The summed E-state index contributed by atoms with van der Waals surface area (Å²) in [5, 5.41) is 7.13. The maximum absolute atomic E-state index is 5.91. The normalized spacial score (nSPS) is 11.1. The van der Waals surface area contributed by atoms with E-state index < -0.39 is 0 Å². The third-order valence-electron chi connectivity index (χ3n) is 3.13. The molecule has 3 rings (SSSR count). The number of thiophene rings is 1. The Morgan fingerprint density at radius 3 is 2.68 bits per heavy atom. The fraction of sp³-hybridized carbons (Fsp3) is 0.231. The number of nitrogens with zero attached hydrogens (tertiary/aromatic N) is 3. The number of hydrogen-bond acceptors (Lipinski definition) is 5. The number of aryl methyl sites for hydroxylation is 2. The van der Waals surface area contributed by atoms with E-state index in [0.29, 0.717) is 5.13 Å². The third-order valence-corrected chi connectivity index (χ3v) is 5.07. The minimum Gasteiger partial charge on any atom is -0.375 e. The Morgan fingerprint density at radius 1 is 1.32 bits per heavy atom. The van der Waals surface area contributed by atoms with Gasteiger partial charge in [0.15, 0.2) is 5.13 Å². The average Bonchev–Trinajstić information content (AvgIpc) is 3.02. The lowest BCUT2D eigenvalue weighted by atomic mass is 10.1. The second-order valence-corrected chi connectivity index (χ2v) is 6.35. The largest absolute Gasteiger partial charge is 0.375 e. The summed E-state index contributed by atoms with van der Waals surface area (Å²) in [4.78, 5) is 6.85. The van der Waals surface area contributed by atoms with Crippen LogP contribution in [0.5, 0.6) is 0 Å². The fourth-order valence-corrected chi connectivity index (χ4v) is 3.89. The molecule has 0 aliphatic heterocycles. The van der Waals surface area contributed by atoms with Crippen molar-refractivity contribution >= 4 is 27.8 Å². The van der Waals surface area contributed by atoms with Gasteiger partial charge in [-0.15, -0.1) is 11.3 Å². The molecule has 3 aromatic heterocycles. The zero-order valence-corrected chi connectivity index (χ0v) is 12.6. The molecule has 4 nitrogen and oxygen atoms in total. The van der Waals surface area contributed by atoms with E-state index in [2.05, 4.69) is 28.5 Å². The van der Waals surface area contributed by atoms with Crippen LogP contribution < -0.4 is 5.73 Å². The molecule has 98 valence electrons. The molecule has 0 saturated carbocycles. The van der Waals surface area contributed by atoms with Gasteiger partial charge < -0.3 is 5.73 Å². The standard InChI is InChI=1S/C13H14N4S2/c1-7-10(8(2)17(3)16-7)11-12(19-13(14)15-11)9-5-4-6-18-9/h4-6H,1-3H3,(H2,14,15). The summed E-state index contributed by atoms with van der Waals surface area (Å²) in [6.45, 7) is 4.07. The van der Waals surface area contributed by atoms with Gasteiger partial charge in [0.1, 0.15) is 0 Å². The van der Waals surface area contributed by atoms with Crippen molar-refractivity contribution in [1.82, 2.24) is 14.8 Å². The molecule has 6 heteroatoms. The molecule has 0 saturated heterocycles. The van der Waals surface area contributed by atoms with Crippen molar-refractivity contribution in [3.8, 4) is 21.0 Å². The van der Waals surface area contributed by atoms with Crippen LogP contribution in [0.4, 0.5) is 5.13 Å². The molecule has 19 heavy (non-hydrogen) atoms. The first-order valence-electron chi connectivity index (χ1n) is 5.88. The molecule has 0 fully saturated rings. The molecule has 0 unspecified atom stereocenters. The highest BCUT2D eigenvalue weighted by Gasteiger charge is 2.20. The highest BCUT2D eigenvalue weighted by molar-refractivity contribution is 7.23. The molecule has 0 radical (unpaired) electrons. The Morgan fingerprint density at radius 2 is 2.11 bits per heavy atom. The van der Waals surface area contributed by atoms with Crippen LogP contribution >= 0.6 is 22.7 Å². The molecule has 0 bridgehead atoms. The van der Waals surface area contributed by atoms with Crippen molar-refractivity contribution in [3.63, 3.8) is 0 Å². The lowest BCUT2D eigenvalue weighted by Gasteiger charge is -2.01. The Balaban J connectivity index is 2.26. The minimum absolute atomic E-state index is 0.598. The Kier molecular flexibility index (Phi) is 2.91. The summed E-state index contributed by atoms with van der Waals surface area (Å²) in [6.07, 6.45) is 0. The minimum atomic E-state index is 0.598. The molecule has 3 heterocycles. The zero-order valence-electron chi connectivity index (χ0n) is 11.0. The summed E-state index contributed by atoms with van der Waals surface area (Å²) in [7, 11) is 1.95. The van der Waals surface area contributed by atoms with Crippen molar-refractivity contribution in [2.45, 2.75) is 13.8 Å². The van der Waals surface area contributed by atoms with Gasteiger partial charge in [-0.25, -0.2) is 4.98 Å². The van der Waals surface area contributed by atoms with E-state index >= 15 is 0 Å². The van der Waals surface area contributed by atoms with Crippen LogP contribution in [0.25, 0.3) is 21.0 Å². The third kappa shape index (κ3) is 1.97. The topological polar surface area (TPSA) is 56.7 Å². The number of thiazole rings is 1. The van der Waals surface area contributed by atoms with E-state index in [1.807, 2.05) is 24.7 Å². The number of nitrogen functional groups attached to an aromatic ring is 1. The van der Waals surface area contributed by atoms with Gasteiger partial charge in [-0.1, -0.05) is 17.4 Å². The molecule has 3 aromatic rings. The summed E-state index contributed by atoms with van der Waals surface area (Å²) in [5.74, 6) is 0. The van der Waals surface area contributed by atoms with Crippen LogP contribution in [0.15, 0.2) is 17.5 Å². The number of hydrogen-bond donors (Lipinski definition) is 1. The smallest absolute Gasteiger partial charge is 0.181 e. The Labute approximate surface area is 119 Å². The summed E-state index contributed by atoms with van der Waals surface area (Å²) in [5.41, 5.74) is 10.1. The first kappa shape index (κ1) is 12.4. The number of nitrogens with two attached hydrogens (primary N) is 1. The molecule has 0 aliphatic rings. The van der Waals surface area contributed by atoms with Gasteiger partial charge in [-0.2, -0.15) is 5.10 Å². The zero-order chi connectivity index (χ0) is 13.6. The van der Waals surface area contributed by atoms with Crippen molar-refractivity contribution < 1.29 is 0 Å². The van der Waals surface area contributed by atoms with Crippen molar-refractivity contribution in [2.24, 2.45) is 7.05 Å². The summed E-state index contributed by atoms with van der Waals surface area (Å²) in [6, 6.07) is 4.14. The maximum Gasteiger partial charge on any atom is 0.181 e. The van der Waals surface area contributed by atoms with Gasteiger partial charge in [0, 0.05) is 23.2 Å². The van der Waals surface area contributed by atoms with Gasteiger partial charge in [-0.05, 0) is 25.3 Å². The van der Waals surface area contributed by atoms with E-state index in [1.54, 1.807) is 11.3 Å². The number of aromatic nitrogens is 3. The second kappa shape index (κ2) is 4.47. The molecule has 0 aliphatic carbocycles. The highest BCUT2D eigenvalue weighted by atomic mass is 32.1. The lowest BCUT2D eigenvalue weighted by molar-refractivity contribution is 0.731. The lowest BCUT2D eigenvalue weighted by Crippen LogP contribution is -1.93. The van der Waals surface area contributed by atoms with Crippen molar-refractivity contribution in [1.29, 1.82) is 0 Å². The summed E-state index contributed by atoms with van der Waals surface area (Å²) >= 11 is 3.24. The fourth-order valence-electron chi connectivity index (χ4n) is 2.20. The summed E-state index contributed by atoms with van der Waals surface area (Å²) < 4.78 is 1.89. The van der Waals surface area contributed by atoms with Crippen LogP contribution in [-0.2, 0) is 7.05 Å². The van der Waals surface area contributed by atoms with Crippen LogP contribution in [0.1, 0.15) is 11.4 Å². The van der Waals surface area contributed by atoms with Gasteiger partial charge in [0.2, 0.25) is 0 Å². The van der Waals surface area contributed by atoms with Gasteiger partial charge in [-0.3, -0.25) is 4.68 Å². The predicted octanol–water partition coefficient (Wildman–Crippen LogP) is 3.47. The highest BCUT2D eigenvalue weighted by Crippen LogP contribution is 2.41. The average molecular weight is 290 g/mol. The van der Waals surface area contributed by atoms with Gasteiger partial charge >= 0.3 is 0 Å². The quantitative estimate of drug-likeness (QED) is 0.786. The van der Waals surface area contributed by atoms with Crippen LogP contribution in [0, 0.1) is 13.8 Å². The van der Waals surface area contributed by atoms with Crippen LogP contribution in [0.2, 0.25) is 0 Å². The SMILES string of the molecule is Cc1nn(C)c(C)c1-c1nc(N)sc1-c1cccs1. The number of anilines is 1. The molecule has 0 amide bonds. The first-order valence-corrected chi connectivity index (χ1v) is 7.58.